The number of rotatable bonds is 6. The van der Waals surface area contributed by atoms with Gasteiger partial charge in [-0.2, -0.15) is 5.10 Å². The number of methoxy groups -OCH3 is 1. The summed E-state index contributed by atoms with van der Waals surface area (Å²) in [7, 11) is 1.32. The fraction of sp³-hybridized carbons (Fsp3) is 0.125. The molecule has 0 spiro atoms. The number of hydrazone groups is 1. The van der Waals surface area contributed by atoms with Gasteiger partial charge in [0.05, 0.1) is 19.0 Å². The molecule has 108 valence electrons. The lowest BCUT2D eigenvalue weighted by Gasteiger charge is -2.04. The zero-order valence-corrected chi connectivity index (χ0v) is 11.7. The molecule has 0 fully saturated rings. The second-order valence-corrected chi connectivity index (χ2v) is 4.17. The summed E-state index contributed by atoms with van der Waals surface area (Å²) >= 11 is 0. The van der Waals surface area contributed by atoms with Crippen LogP contribution in [-0.2, 0) is 9.53 Å². The first kappa shape index (κ1) is 14.6. The molecule has 0 atom stereocenters. The third-order valence-electron chi connectivity index (χ3n) is 2.65. The van der Waals surface area contributed by atoms with Crippen LogP contribution in [0.3, 0.4) is 0 Å². The second-order valence-electron chi connectivity index (χ2n) is 4.17. The average Bonchev–Trinajstić information content (AvgIpc) is 2.55. The quantitative estimate of drug-likeness (QED) is 0.503. The van der Waals surface area contributed by atoms with E-state index in [0.29, 0.717) is 5.75 Å². The molecule has 0 saturated carbocycles. The van der Waals surface area contributed by atoms with Gasteiger partial charge in [-0.3, -0.25) is 5.43 Å². The number of nitrogens with one attached hydrogen (secondary N) is 1. The van der Waals surface area contributed by atoms with Crippen molar-refractivity contribution in [1.29, 1.82) is 0 Å². The van der Waals surface area contributed by atoms with Gasteiger partial charge in [-0.1, -0.05) is 18.2 Å². The minimum Gasteiger partial charge on any atom is -0.482 e. The number of anilines is 1. The van der Waals surface area contributed by atoms with Crippen LogP contribution >= 0.6 is 0 Å². The molecule has 0 aliphatic heterocycles. The number of hydrogen-bond acceptors (Lipinski definition) is 5. The Morgan fingerprint density at radius 1 is 1.14 bits per heavy atom. The summed E-state index contributed by atoms with van der Waals surface area (Å²) in [6, 6.07) is 16.9. The summed E-state index contributed by atoms with van der Waals surface area (Å²) in [5.74, 6) is 0.196. The number of ether oxygens (including phenoxy) is 2. The molecule has 1 N–H and O–H groups in total. The van der Waals surface area contributed by atoms with Crippen LogP contribution < -0.4 is 10.2 Å². The van der Waals surface area contributed by atoms with E-state index >= 15 is 0 Å². The number of benzene rings is 2. The molecule has 0 bridgehead atoms. The number of carbonyl (C=O) groups is 1. The normalized spacial score (nSPS) is 10.3. The first-order chi connectivity index (χ1) is 10.3. The van der Waals surface area contributed by atoms with E-state index in [9.17, 15) is 4.79 Å². The SMILES string of the molecule is COC(=O)COc1ccc(C=NNc2ccccc2)cc1. The predicted octanol–water partition coefficient (Wildman–Crippen LogP) is 2.68. The van der Waals surface area contributed by atoms with Crippen LogP contribution in [0.15, 0.2) is 59.7 Å². The smallest absolute Gasteiger partial charge is 0.343 e. The Balaban J connectivity index is 1.86. The number of esters is 1. The lowest BCUT2D eigenvalue weighted by Crippen LogP contribution is -2.12. The maximum Gasteiger partial charge on any atom is 0.343 e. The van der Waals surface area contributed by atoms with Gasteiger partial charge in [0.1, 0.15) is 5.75 Å². The first-order valence-corrected chi connectivity index (χ1v) is 6.42. The van der Waals surface area contributed by atoms with Gasteiger partial charge in [-0.25, -0.2) is 4.79 Å². The van der Waals surface area contributed by atoms with E-state index in [1.165, 1.54) is 7.11 Å². The summed E-state index contributed by atoms with van der Waals surface area (Å²) in [5.41, 5.74) is 4.78. The molecule has 5 nitrogen and oxygen atoms in total. The number of para-hydroxylation sites is 1. The van der Waals surface area contributed by atoms with Crippen molar-refractivity contribution in [3.63, 3.8) is 0 Å². The van der Waals surface area contributed by atoms with Crippen LogP contribution in [0.2, 0.25) is 0 Å². The van der Waals surface area contributed by atoms with Crippen molar-refractivity contribution in [3.05, 3.63) is 60.2 Å². The molecule has 0 aliphatic rings. The molecule has 2 aromatic carbocycles. The third-order valence-corrected chi connectivity index (χ3v) is 2.65. The molecule has 0 aromatic heterocycles. The van der Waals surface area contributed by atoms with E-state index in [0.717, 1.165) is 11.3 Å². The third kappa shape index (κ3) is 4.99. The van der Waals surface area contributed by atoms with Crippen molar-refractivity contribution in [2.45, 2.75) is 0 Å². The molecule has 5 heteroatoms. The zero-order chi connectivity index (χ0) is 14.9. The fourth-order valence-electron chi connectivity index (χ4n) is 1.55. The monoisotopic (exact) mass is 284 g/mol. The standard InChI is InChI=1S/C16H16N2O3/c1-20-16(19)12-21-15-9-7-13(8-10-15)11-17-18-14-5-3-2-4-6-14/h2-11,18H,12H2,1H3. The van der Waals surface area contributed by atoms with Crippen LogP contribution in [0.25, 0.3) is 0 Å². The van der Waals surface area contributed by atoms with Crippen molar-refractivity contribution in [2.24, 2.45) is 5.10 Å². The zero-order valence-electron chi connectivity index (χ0n) is 11.7. The molecule has 21 heavy (non-hydrogen) atoms. The van der Waals surface area contributed by atoms with E-state index in [1.54, 1.807) is 18.3 Å². The summed E-state index contributed by atoms with van der Waals surface area (Å²) in [5, 5.41) is 4.14. The molecular weight excluding hydrogens is 268 g/mol. The highest BCUT2D eigenvalue weighted by Crippen LogP contribution is 2.11. The van der Waals surface area contributed by atoms with Crippen LogP contribution in [0.1, 0.15) is 5.56 Å². The topological polar surface area (TPSA) is 59.9 Å². The number of nitrogens with zero attached hydrogens (tertiary/aromatic N) is 1. The highest BCUT2D eigenvalue weighted by atomic mass is 16.6. The molecule has 0 heterocycles. The Kier molecular flexibility index (Phi) is 5.34. The molecule has 2 rings (SSSR count). The highest BCUT2D eigenvalue weighted by Gasteiger charge is 2.01. The van der Waals surface area contributed by atoms with Gasteiger partial charge in [0.2, 0.25) is 0 Å². The molecular formula is C16H16N2O3. The van der Waals surface area contributed by atoms with Crippen LogP contribution in [0, 0.1) is 0 Å². The Bertz CT molecular complexity index is 595. The molecule has 0 saturated heterocycles. The lowest BCUT2D eigenvalue weighted by molar-refractivity contribution is -0.142. The fourth-order valence-corrected chi connectivity index (χ4v) is 1.55. The lowest BCUT2D eigenvalue weighted by atomic mass is 10.2. The molecule has 0 aliphatic carbocycles. The minimum atomic E-state index is -0.410. The van der Waals surface area contributed by atoms with Crippen molar-refractivity contribution in [1.82, 2.24) is 0 Å². The molecule has 2 aromatic rings. The average molecular weight is 284 g/mol. The highest BCUT2D eigenvalue weighted by molar-refractivity contribution is 5.80. The summed E-state index contributed by atoms with van der Waals surface area (Å²) in [4.78, 5) is 11.0. The van der Waals surface area contributed by atoms with Crippen LogP contribution in [-0.4, -0.2) is 25.9 Å². The van der Waals surface area contributed by atoms with Gasteiger partial charge >= 0.3 is 5.97 Å². The molecule has 0 amide bonds. The number of carbonyl (C=O) groups excluding carboxylic acids is 1. The predicted molar refractivity (Wildman–Crippen MR) is 81.6 cm³/mol. The minimum absolute atomic E-state index is 0.0977. The van der Waals surface area contributed by atoms with Gasteiger partial charge in [0.15, 0.2) is 6.61 Å². The van der Waals surface area contributed by atoms with Gasteiger partial charge in [-0.05, 0) is 42.0 Å². The second kappa shape index (κ2) is 7.69. The number of hydrogen-bond donors (Lipinski definition) is 1. The van der Waals surface area contributed by atoms with Crippen molar-refractivity contribution >= 4 is 17.9 Å². The summed E-state index contributed by atoms with van der Waals surface area (Å²) < 4.78 is 9.75. The van der Waals surface area contributed by atoms with Crippen LogP contribution in [0.4, 0.5) is 5.69 Å². The van der Waals surface area contributed by atoms with Crippen molar-refractivity contribution in [3.8, 4) is 5.75 Å². The van der Waals surface area contributed by atoms with Crippen molar-refractivity contribution < 1.29 is 14.3 Å². The Hall–Kier alpha value is -2.82. The Labute approximate surface area is 123 Å². The summed E-state index contributed by atoms with van der Waals surface area (Å²) in [6.45, 7) is -0.0977. The van der Waals surface area contributed by atoms with E-state index in [2.05, 4.69) is 15.3 Å². The van der Waals surface area contributed by atoms with Gasteiger partial charge in [-0.15, -0.1) is 0 Å². The van der Waals surface area contributed by atoms with Crippen LogP contribution in [0.5, 0.6) is 5.75 Å². The summed E-state index contributed by atoms with van der Waals surface area (Å²) in [6.07, 6.45) is 1.71. The Morgan fingerprint density at radius 3 is 2.52 bits per heavy atom. The van der Waals surface area contributed by atoms with E-state index < -0.39 is 5.97 Å². The Morgan fingerprint density at radius 2 is 1.86 bits per heavy atom. The maximum absolute atomic E-state index is 11.0. The largest absolute Gasteiger partial charge is 0.482 e. The molecule has 0 unspecified atom stereocenters. The van der Waals surface area contributed by atoms with Gasteiger partial charge in [0, 0.05) is 0 Å². The van der Waals surface area contributed by atoms with Gasteiger partial charge in [0.25, 0.3) is 0 Å². The van der Waals surface area contributed by atoms with Gasteiger partial charge < -0.3 is 9.47 Å². The maximum atomic E-state index is 11.0. The first-order valence-electron chi connectivity index (χ1n) is 6.42. The van der Waals surface area contributed by atoms with E-state index in [1.807, 2.05) is 42.5 Å². The molecule has 0 radical (unpaired) electrons. The van der Waals surface area contributed by atoms with E-state index in [-0.39, 0.29) is 6.61 Å². The van der Waals surface area contributed by atoms with E-state index in [4.69, 9.17) is 4.74 Å². The van der Waals surface area contributed by atoms with Crippen molar-refractivity contribution in [2.75, 3.05) is 19.1 Å².